The molecule has 6 nitrogen and oxygen atoms in total. The summed E-state index contributed by atoms with van der Waals surface area (Å²) in [6.07, 6.45) is 10.1. The second-order valence-corrected chi connectivity index (χ2v) is 7.22. The van der Waals surface area contributed by atoms with Crippen LogP contribution >= 0.6 is 0 Å². The molecule has 25 heavy (non-hydrogen) atoms. The fourth-order valence-corrected chi connectivity index (χ4v) is 4.34. The lowest BCUT2D eigenvalue weighted by Gasteiger charge is -2.49. The summed E-state index contributed by atoms with van der Waals surface area (Å²) in [5, 5.41) is 4.68. The third-order valence-electron chi connectivity index (χ3n) is 5.86. The molecule has 6 heteroatoms. The van der Waals surface area contributed by atoms with Crippen molar-refractivity contribution in [2.24, 2.45) is 5.92 Å². The number of H-pyrrole nitrogens is 1. The summed E-state index contributed by atoms with van der Waals surface area (Å²) in [5.74, 6) is 1.47. The van der Waals surface area contributed by atoms with Crippen LogP contribution in [0.1, 0.15) is 19.8 Å². The van der Waals surface area contributed by atoms with E-state index < -0.39 is 0 Å². The van der Waals surface area contributed by atoms with Gasteiger partial charge in [0.05, 0.1) is 0 Å². The molecule has 2 atom stereocenters. The maximum atomic E-state index is 4.56. The van der Waals surface area contributed by atoms with Crippen LogP contribution < -0.4 is 5.32 Å². The first-order chi connectivity index (χ1) is 12.3. The van der Waals surface area contributed by atoms with Crippen molar-refractivity contribution in [3.63, 3.8) is 0 Å². The Labute approximate surface area is 146 Å². The zero-order valence-electron chi connectivity index (χ0n) is 14.3. The van der Waals surface area contributed by atoms with Crippen molar-refractivity contribution in [1.29, 1.82) is 0 Å². The number of rotatable bonds is 3. The van der Waals surface area contributed by atoms with E-state index in [1.165, 1.54) is 25.9 Å². The quantitative estimate of drug-likeness (QED) is 0.771. The van der Waals surface area contributed by atoms with Crippen LogP contribution in [0.15, 0.2) is 36.9 Å². The molecule has 3 saturated heterocycles. The normalized spacial score (nSPS) is 28.4. The molecule has 0 spiro atoms. The van der Waals surface area contributed by atoms with Gasteiger partial charge in [-0.25, -0.2) is 15.0 Å². The van der Waals surface area contributed by atoms with Gasteiger partial charge in [-0.3, -0.25) is 4.90 Å². The molecule has 0 aromatic carbocycles. The Balaban J connectivity index is 1.36. The average Bonchev–Trinajstić information content (AvgIpc) is 3.13. The Kier molecular flexibility index (Phi) is 3.45. The van der Waals surface area contributed by atoms with Crippen LogP contribution in [0.25, 0.3) is 22.2 Å². The van der Waals surface area contributed by atoms with Gasteiger partial charge >= 0.3 is 0 Å². The van der Waals surface area contributed by atoms with Gasteiger partial charge in [0.15, 0.2) is 0 Å². The molecule has 3 aliphatic heterocycles. The molecule has 128 valence electrons. The fraction of sp³-hybridized carbons (Fsp3) is 0.421. The van der Waals surface area contributed by atoms with Crippen LogP contribution in [0.3, 0.4) is 0 Å². The van der Waals surface area contributed by atoms with Gasteiger partial charge in [-0.2, -0.15) is 0 Å². The van der Waals surface area contributed by atoms with Crippen molar-refractivity contribution in [2.75, 3.05) is 18.4 Å². The molecule has 3 aliphatic rings. The largest absolute Gasteiger partial charge is 0.350 e. The molecule has 0 radical (unpaired) electrons. The first-order valence-electron chi connectivity index (χ1n) is 9.04. The Morgan fingerprint density at radius 2 is 1.84 bits per heavy atom. The maximum Gasteiger partial charge on any atom is 0.222 e. The number of pyridine rings is 1. The number of aromatic nitrogens is 4. The second-order valence-electron chi connectivity index (χ2n) is 7.22. The molecule has 0 unspecified atom stereocenters. The van der Waals surface area contributed by atoms with E-state index in [9.17, 15) is 0 Å². The van der Waals surface area contributed by atoms with Gasteiger partial charge in [0.2, 0.25) is 5.95 Å². The minimum Gasteiger partial charge on any atom is -0.350 e. The standard InChI is InChI=1S/C19H22N6/c1-12-17(13-3-6-25(12)7-4-13)24-19-22-10-16(11-23-19)15-8-14-2-5-20-18(14)21-9-15/h2,5,8-13,17H,3-4,6-7H2,1H3,(H,20,21)(H,22,23,24)/t12-,17+/m1/s1. The molecule has 0 amide bonds. The molecular formula is C19H22N6. The number of anilines is 1. The van der Waals surface area contributed by atoms with Gasteiger partial charge in [0, 0.05) is 53.4 Å². The zero-order valence-corrected chi connectivity index (χ0v) is 14.3. The molecule has 0 aliphatic carbocycles. The highest BCUT2D eigenvalue weighted by Crippen LogP contribution is 2.33. The minimum atomic E-state index is 0.450. The summed E-state index contributed by atoms with van der Waals surface area (Å²) in [6.45, 7) is 4.78. The zero-order chi connectivity index (χ0) is 16.8. The van der Waals surface area contributed by atoms with Crippen molar-refractivity contribution in [3.8, 4) is 11.1 Å². The Morgan fingerprint density at radius 3 is 2.60 bits per heavy atom. The van der Waals surface area contributed by atoms with Gasteiger partial charge in [-0.05, 0) is 50.9 Å². The predicted molar refractivity (Wildman–Crippen MR) is 98.3 cm³/mol. The molecule has 2 bridgehead atoms. The van der Waals surface area contributed by atoms with E-state index in [1.54, 1.807) is 0 Å². The van der Waals surface area contributed by atoms with E-state index in [0.29, 0.717) is 12.1 Å². The van der Waals surface area contributed by atoms with Gasteiger partial charge < -0.3 is 10.3 Å². The first-order valence-corrected chi connectivity index (χ1v) is 9.04. The number of hydrogen-bond donors (Lipinski definition) is 2. The summed E-state index contributed by atoms with van der Waals surface area (Å²) >= 11 is 0. The number of hydrogen-bond acceptors (Lipinski definition) is 5. The summed E-state index contributed by atoms with van der Waals surface area (Å²) in [4.78, 5) is 19.2. The smallest absolute Gasteiger partial charge is 0.222 e. The molecule has 3 aromatic heterocycles. The molecule has 6 rings (SSSR count). The van der Waals surface area contributed by atoms with Crippen molar-refractivity contribution in [2.45, 2.75) is 31.8 Å². The van der Waals surface area contributed by atoms with Gasteiger partial charge in [-0.1, -0.05) is 0 Å². The fourth-order valence-electron chi connectivity index (χ4n) is 4.34. The van der Waals surface area contributed by atoms with Gasteiger partial charge in [0.25, 0.3) is 0 Å². The van der Waals surface area contributed by atoms with Crippen LogP contribution in [0, 0.1) is 5.92 Å². The summed E-state index contributed by atoms with van der Waals surface area (Å²) in [7, 11) is 0. The highest BCUT2D eigenvalue weighted by molar-refractivity contribution is 5.80. The lowest BCUT2D eigenvalue weighted by atomic mass is 9.79. The van der Waals surface area contributed by atoms with Crippen molar-refractivity contribution in [1.82, 2.24) is 24.8 Å². The third kappa shape index (κ3) is 2.57. The summed E-state index contributed by atoms with van der Waals surface area (Å²) in [5.41, 5.74) is 2.93. The van der Waals surface area contributed by atoms with E-state index in [4.69, 9.17) is 0 Å². The monoisotopic (exact) mass is 334 g/mol. The molecule has 3 aromatic rings. The maximum absolute atomic E-state index is 4.56. The Bertz CT molecular complexity index is 876. The number of aromatic amines is 1. The lowest BCUT2D eigenvalue weighted by Crippen LogP contribution is -2.59. The third-order valence-corrected chi connectivity index (χ3v) is 5.86. The predicted octanol–water partition coefficient (Wildman–Crippen LogP) is 2.91. The highest BCUT2D eigenvalue weighted by Gasteiger charge is 2.39. The molecule has 0 saturated carbocycles. The Morgan fingerprint density at radius 1 is 1.08 bits per heavy atom. The molecule has 3 fully saturated rings. The van der Waals surface area contributed by atoms with E-state index in [-0.39, 0.29) is 0 Å². The van der Waals surface area contributed by atoms with Crippen LogP contribution in [0.5, 0.6) is 0 Å². The van der Waals surface area contributed by atoms with Crippen LogP contribution in [0.2, 0.25) is 0 Å². The van der Waals surface area contributed by atoms with Crippen LogP contribution in [0.4, 0.5) is 5.95 Å². The number of piperidine rings is 3. The lowest BCUT2D eigenvalue weighted by molar-refractivity contribution is 0.0455. The first kappa shape index (κ1) is 14.8. The van der Waals surface area contributed by atoms with Crippen molar-refractivity contribution >= 4 is 17.0 Å². The van der Waals surface area contributed by atoms with Crippen molar-refractivity contribution < 1.29 is 0 Å². The molecular weight excluding hydrogens is 312 g/mol. The van der Waals surface area contributed by atoms with Crippen LogP contribution in [-0.2, 0) is 0 Å². The minimum absolute atomic E-state index is 0.450. The SMILES string of the molecule is C[C@@H]1[C@H](Nc2ncc(-c3cnc4[nH]ccc4c3)cn2)C2CCN1CC2. The van der Waals surface area contributed by atoms with Crippen LogP contribution in [-0.4, -0.2) is 50.0 Å². The summed E-state index contributed by atoms with van der Waals surface area (Å²) < 4.78 is 0. The van der Waals surface area contributed by atoms with Gasteiger partial charge in [-0.15, -0.1) is 0 Å². The highest BCUT2D eigenvalue weighted by atomic mass is 15.2. The van der Waals surface area contributed by atoms with E-state index in [1.807, 2.05) is 30.9 Å². The van der Waals surface area contributed by atoms with Crippen molar-refractivity contribution in [3.05, 3.63) is 36.9 Å². The number of fused-ring (bicyclic) bond motifs is 4. The summed E-state index contributed by atoms with van der Waals surface area (Å²) in [6, 6.07) is 5.14. The van der Waals surface area contributed by atoms with E-state index in [0.717, 1.165) is 34.0 Å². The number of nitrogens with zero attached hydrogens (tertiary/aromatic N) is 4. The van der Waals surface area contributed by atoms with Gasteiger partial charge in [0.1, 0.15) is 5.65 Å². The topological polar surface area (TPSA) is 69.7 Å². The molecule has 6 heterocycles. The average molecular weight is 334 g/mol. The number of nitrogens with one attached hydrogen (secondary N) is 2. The Hall–Kier alpha value is -2.47. The van der Waals surface area contributed by atoms with E-state index in [2.05, 4.69) is 43.1 Å². The molecule has 2 N–H and O–H groups in total. The second kappa shape index (κ2) is 5.81. The van der Waals surface area contributed by atoms with E-state index >= 15 is 0 Å².